The lowest BCUT2D eigenvalue weighted by Gasteiger charge is -2.57. The highest BCUT2D eigenvalue weighted by Gasteiger charge is 2.59. The minimum absolute atomic E-state index is 0.0646. The lowest BCUT2D eigenvalue weighted by Crippen LogP contribution is -2.59. The molecule has 2 heterocycles. The fourth-order valence-electron chi connectivity index (χ4n) is 5.92. The number of nitrogens with zero attached hydrogens (tertiary/aromatic N) is 3. The van der Waals surface area contributed by atoms with E-state index in [1.165, 1.54) is 24.4 Å². The Kier molecular flexibility index (Phi) is 6.41. The highest BCUT2D eigenvalue weighted by atomic mass is 35.5. The topological polar surface area (TPSA) is 131 Å². The van der Waals surface area contributed by atoms with E-state index in [9.17, 15) is 31.5 Å². The molecule has 9 nitrogen and oxygen atoms in total. The molecule has 3 fully saturated rings. The summed E-state index contributed by atoms with van der Waals surface area (Å²) in [5.74, 6) is -4.31. The molecule has 2 amide bonds. The molecule has 41 heavy (non-hydrogen) atoms. The van der Waals surface area contributed by atoms with E-state index in [0.717, 1.165) is 31.9 Å². The summed E-state index contributed by atoms with van der Waals surface area (Å²) in [6, 6.07) is 3.27. The van der Waals surface area contributed by atoms with Gasteiger partial charge in [-0.15, -0.1) is 0 Å². The molecule has 3 aromatic rings. The third-order valence-electron chi connectivity index (χ3n) is 7.97. The molecule has 1 spiro atoms. The molecule has 218 valence electrons. The Hall–Kier alpha value is -3.52. The van der Waals surface area contributed by atoms with Crippen LogP contribution in [0.3, 0.4) is 0 Å². The molecule has 2 aromatic heterocycles. The molecule has 0 unspecified atom stereocenters. The Labute approximate surface area is 235 Å². The van der Waals surface area contributed by atoms with Crippen LogP contribution in [0.1, 0.15) is 76.1 Å². The normalized spacial score (nSPS) is 26.3. The first-order valence-corrected chi connectivity index (χ1v) is 13.3. The minimum atomic E-state index is -4.85. The van der Waals surface area contributed by atoms with Crippen molar-refractivity contribution in [1.82, 2.24) is 25.1 Å². The molecule has 0 radical (unpaired) electrons. The molecule has 3 saturated carbocycles. The summed E-state index contributed by atoms with van der Waals surface area (Å²) >= 11 is 6.31. The summed E-state index contributed by atoms with van der Waals surface area (Å²) in [6.07, 6.45) is 0.0717. The van der Waals surface area contributed by atoms with Crippen molar-refractivity contribution >= 4 is 29.1 Å². The Morgan fingerprint density at radius 2 is 1.85 bits per heavy atom. The summed E-state index contributed by atoms with van der Waals surface area (Å²) in [7, 11) is 0. The van der Waals surface area contributed by atoms with Gasteiger partial charge in [-0.25, -0.2) is 13.8 Å². The lowest BCUT2D eigenvalue weighted by atomic mass is 9.52. The van der Waals surface area contributed by atoms with Crippen LogP contribution < -0.4 is 16.4 Å². The van der Waals surface area contributed by atoms with Crippen LogP contribution in [-0.4, -0.2) is 49.6 Å². The Morgan fingerprint density at radius 3 is 2.46 bits per heavy atom. The molecule has 3 aliphatic rings. The zero-order valence-electron chi connectivity index (χ0n) is 21.4. The standard InChI is InChI=1S/C26H25ClF5N7O2/c27-18-4-14(1-2-17(18)22(40)37-16-7-24(8-16)5-13(33)6-24)36-23(41)21-34-10-15(35-21)3-12-11-39(19-9-25(19,28)29)38-20(12)26(30,31)32/h1-2,4,10-11,13,16,19H,3,5-9,33H2,(H,34,35)(H,36,41)(H,37,40)/t13?,16?,19-,24?/m0/s1. The highest BCUT2D eigenvalue weighted by molar-refractivity contribution is 6.34. The van der Waals surface area contributed by atoms with Crippen molar-refractivity contribution in [3.8, 4) is 0 Å². The molecule has 3 aliphatic carbocycles. The lowest BCUT2D eigenvalue weighted by molar-refractivity contribution is -0.142. The Balaban J connectivity index is 1.07. The number of anilines is 1. The molecule has 0 bridgehead atoms. The molecule has 1 aromatic carbocycles. The number of aromatic amines is 1. The maximum absolute atomic E-state index is 13.5. The van der Waals surface area contributed by atoms with Crippen molar-refractivity contribution in [2.75, 3.05) is 5.32 Å². The third kappa shape index (κ3) is 5.42. The van der Waals surface area contributed by atoms with Crippen LogP contribution in [0.4, 0.5) is 27.6 Å². The summed E-state index contributed by atoms with van der Waals surface area (Å²) in [4.78, 5) is 32.0. The summed E-state index contributed by atoms with van der Waals surface area (Å²) in [5, 5.41) is 9.01. The second-order valence-electron chi connectivity index (χ2n) is 11.3. The number of carbonyl (C=O) groups excluding carboxylic acids is 2. The van der Waals surface area contributed by atoms with Crippen LogP contribution in [0.15, 0.2) is 30.6 Å². The minimum Gasteiger partial charge on any atom is -0.349 e. The molecule has 1 atom stereocenters. The third-order valence-corrected chi connectivity index (χ3v) is 8.28. The van der Waals surface area contributed by atoms with Crippen molar-refractivity contribution < 1.29 is 31.5 Å². The monoisotopic (exact) mass is 597 g/mol. The zero-order chi connectivity index (χ0) is 29.3. The summed E-state index contributed by atoms with van der Waals surface area (Å²) in [5.41, 5.74) is 5.20. The van der Waals surface area contributed by atoms with Crippen molar-refractivity contribution in [3.63, 3.8) is 0 Å². The van der Waals surface area contributed by atoms with Crippen LogP contribution in [-0.2, 0) is 12.6 Å². The molecule has 0 saturated heterocycles. The predicted molar refractivity (Wildman–Crippen MR) is 137 cm³/mol. The van der Waals surface area contributed by atoms with Gasteiger partial charge < -0.3 is 21.4 Å². The van der Waals surface area contributed by atoms with Gasteiger partial charge in [0, 0.05) is 54.3 Å². The van der Waals surface area contributed by atoms with Crippen LogP contribution in [0.2, 0.25) is 5.02 Å². The summed E-state index contributed by atoms with van der Waals surface area (Å²) in [6.45, 7) is 0. The number of hydrogen-bond acceptors (Lipinski definition) is 5. The fraction of sp³-hybridized carbons (Fsp3) is 0.462. The van der Waals surface area contributed by atoms with Gasteiger partial charge in [-0.1, -0.05) is 11.6 Å². The number of alkyl halides is 5. The molecule has 15 heteroatoms. The quantitative estimate of drug-likeness (QED) is 0.293. The maximum atomic E-state index is 13.5. The van der Waals surface area contributed by atoms with Gasteiger partial charge in [-0.3, -0.25) is 14.3 Å². The van der Waals surface area contributed by atoms with E-state index in [-0.39, 0.29) is 63.2 Å². The first-order chi connectivity index (χ1) is 19.2. The molecule has 0 aliphatic heterocycles. The molecule has 5 N–H and O–H groups in total. The molecular formula is C26H25ClF5N7O2. The van der Waals surface area contributed by atoms with Gasteiger partial charge in [-0.2, -0.15) is 18.3 Å². The fourth-order valence-corrected chi connectivity index (χ4v) is 6.18. The van der Waals surface area contributed by atoms with Crippen LogP contribution >= 0.6 is 11.6 Å². The largest absolute Gasteiger partial charge is 0.435 e. The van der Waals surface area contributed by atoms with Gasteiger partial charge in [0.15, 0.2) is 11.5 Å². The highest BCUT2D eigenvalue weighted by Crippen LogP contribution is 2.55. The van der Waals surface area contributed by atoms with Crippen LogP contribution in [0, 0.1) is 5.41 Å². The van der Waals surface area contributed by atoms with Crippen molar-refractivity contribution in [2.24, 2.45) is 11.1 Å². The zero-order valence-corrected chi connectivity index (χ0v) is 22.1. The predicted octanol–water partition coefficient (Wildman–Crippen LogP) is 4.70. The van der Waals surface area contributed by atoms with E-state index in [1.54, 1.807) is 0 Å². The average Bonchev–Trinajstić information content (AvgIpc) is 3.18. The van der Waals surface area contributed by atoms with Crippen molar-refractivity contribution in [1.29, 1.82) is 0 Å². The Morgan fingerprint density at radius 1 is 1.15 bits per heavy atom. The number of imidazole rings is 1. The number of carbonyl (C=O) groups is 2. The first kappa shape index (κ1) is 27.6. The number of amides is 2. The maximum Gasteiger partial charge on any atom is 0.435 e. The van der Waals surface area contributed by atoms with Crippen molar-refractivity contribution in [2.45, 2.75) is 68.7 Å². The van der Waals surface area contributed by atoms with E-state index < -0.39 is 36.2 Å². The van der Waals surface area contributed by atoms with E-state index in [1.807, 2.05) is 0 Å². The van der Waals surface area contributed by atoms with E-state index in [4.69, 9.17) is 17.3 Å². The summed E-state index contributed by atoms with van der Waals surface area (Å²) < 4.78 is 67.9. The van der Waals surface area contributed by atoms with Gasteiger partial charge in [0.2, 0.25) is 0 Å². The van der Waals surface area contributed by atoms with Gasteiger partial charge in [0.1, 0.15) is 6.04 Å². The van der Waals surface area contributed by atoms with Crippen LogP contribution in [0.25, 0.3) is 0 Å². The van der Waals surface area contributed by atoms with Gasteiger partial charge in [0.25, 0.3) is 17.7 Å². The number of benzene rings is 1. The number of hydrogen-bond donors (Lipinski definition) is 4. The van der Waals surface area contributed by atoms with E-state index in [0.29, 0.717) is 4.68 Å². The number of nitrogens with two attached hydrogens (primary N) is 1. The Bertz CT molecular complexity index is 1520. The van der Waals surface area contributed by atoms with Gasteiger partial charge in [-0.05, 0) is 49.3 Å². The van der Waals surface area contributed by atoms with Crippen LogP contribution in [0.5, 0.6) is 0 Å². The number of rotatable bonds is 7. The number of halogens is 6. The number of nitrogens with one attached hydrogen (secondary N) is 3. The number of H-pyrrole nitrogens is 1. The van der Waals surface area contributed by atoms with E-state index >= 15 is 0 Å². The SMILES string of the molecule is NC1CC2(C1)CC(NC(=O)c1ccc(NC(=O)c3ncc(Cc4cn([C@H]5CC5(F)F)nc4C(F)(F)F)[nH]3)cc1Cl)C2. The average molecular weight is 598 g/mol. The second kappa shape index (κ2) is 9.51. The molecular weight excluding hydrogens is 573 g/mol. The number of aromatic nitrogens is 4. The van der Waals surface area contributed by atoms with Gasteiger partial charge in [0.05, 0.1) is 10.6 Å². The first-order valence-electron chi connectivity index (χ1n) is 13.0. The second-order valence-corrected chi connectivity index (χ2v) is 11.7. The smallest absolute Gasteiger partial charge is 0.349 e. The van der Waals surface area contributed by atoms with E-state index in [2.05, 4.69) is 25.7 Å². The van der Waals surface area contributed by atoms with Crippen molar-refractivity contribution in [3.05, 3.63) is 64.0 Å². The van der Waals surface area contributed by atoms with Gasteiger partial charge >= 0.3 is 6.18 Å². The molecule has 6 rings (SSSR count).